The minimum atomic E-state index is -3.77. The summed E-state index contributed by atoms with van der Waals surface area (Å²) in [6.45, 7) is 5.64. The summed E-state index contributed by atoms with van der Waals surface area (Å²) in [6.07, 6.45) is 0. The van der Waals surface area contributed by atoms with Crippen molar-refractivity contribution in [1.82, 2.24) is 10.0 Å². The van der Waals surface area contributed by atoms with Crippen LogP contribution in [0, 0.1) is 0 Å². The molecule has 1 amide bonds. The Morgan fingerprint density at radius 3 is 2.22 bits per heavy atom. The number of sulfonamides is 1. The van der Waals surface area contributed by atoms with Crippen LogP contribution in [0.5, 0.6) is 0 Å². The Labute approximate surface area is 108 Å². The fourth-order valence-corrected chi connectivity index (χ4v) is 2.20. The second kappa shape index (κ2) is 5.49. The van der Waals surface area contributed by atoms with Crippen LogP contribution in [0.4, 0.5) is 0 Å². The van der Waals surface area contributed by atoms with Crippen LogP contribution in [0.25, 0.3) is 0 Å². The lowest BCUT2D eigenvalue weighted by Gasteiger charge is -2.19. The highest BCUT2D eigenvalue weighted by Gasteiger charge is 2.18. The van der Waals surface area contributed by atoms with E-state index in [1.807, 2.05) is 25.5 Å². The average Bonchev–Trinajstić information content (AvgIpc) is 2.26. The van der Waals surface area contributed by atoms with Crippen molar-refractivity contribution in [2.45, 2.75) is 31.2 Å². The predicted molar refractivity (Wildman–Crippen MR) is 69.5 cm³/mol. The Balaban J connectivity index is 2.65. The van der Waals surface area contributed by atoms with Crippen molar-refractivity contribution >= 4 is 15.9 Å². The normalized spacial score (nSPS) is 12.2. The van der Waals surface area contributed by atoms with Gasteiger partial charge in [0.15, 0.2) is 0 Å². The van der Waals surface area contributed by atoms with Crippen LogP contribution in [0.3, 0.4) is 0 Å². The molecule has 0 aromatic heterocycles. The molecule has 0 saturated heterocycles. The van der Waals surface area contributed by atoms with E-state index in [0.29, 0.717) is 0 Å². The average molecular weight is 270 g/mol. The van der Waals surface area contributed by atoms with Crippen LogP contribution in [-0.4, -0.2) is 26.4 Å². The lowest BCUT2D eigenvalue weighted by Crippen LogP contribution is -2.44. The van der Waals surface area contributed by atoms with Crippen molar-refractivity contribution in [1.29, 1.82) is 0 Å². The molecule has 0 aliphatic heterocycles. The lowest BCUT2D eigenvalue weighted by atomic mass is 10.1. The SMILES string of the molecule is CC(C)(C)NCC(=O)NS(=O)(=O)c1ccccc1. The van der Waals surface area contributed by atoms with Gasteiger partial charge in [-0.05, 0) is 32.9 Å². The molecular weight excluding hydrogens is 252 g/mol. The van der Waals surface area contributed by atoms with Crippen molar-refractivity contribution in [3.05, 3.63) is 30.3 Å². The van der Waals surface area contributed by atoms with Crippen LogP contribution >= 0.6 is 0 Å². The van der Waals surface area contributed by atoms with E-state index in [4.69, 9.17) is 0 Å². The number of rotatable bonds is 4. The molecular formula is C12H18N2O3S. The molecule has 18 heavy (non-hydrogen) atoms. The topological polar surface area (TPSA) is 75.3 Å². The van der Waals surface area contributed by atoms with Gasteiger partial charge in [0.25, 0.3) is 10.0 Å². The smallest absolute Gasteiger partial charge is 0.264 e. The Bertz CT molecular complexity index is 504. The third kappa shape index (κ3) is 4.85. The van der Waals surface area contributed by atoms with E-state index in [1.165, 1.54) is 12.1 Å². The molecule has 0 radical (unpaired) electrons. The summed E-state index contributed by atoms with van der Waals surface area (Å²) >= 11 is 0. The maximum Gasteiger partial charge on any atom is 0.264 e. The molecule has 0 fully saturated rings. The van der Waals surface area contributed by atoms with Gasteiger partial charge in [0.2, 0.25) is 5.91 Å². The van der Waals surface area contributed by atoms with E-state index in [1.54, 1.807) is 18.2 Å². The van der Waals surface area contributed by atoms with Crippen molar-refractivity contribution in [2.75, 3.05) is 6.54 Å². The van der Waals surface area contributed by atoms with Crippen LogP contribution in [0.2, 0.25) is 0 Å². The van der Waals surface area contributed by atoms with Crippen molar-refractivity contribution < 1.29 is 13.2 Å². The maximum absolute atomic E-state index is 11.8. The van der Waals surface area contributed by atoms with Gasteiger partial charge in [0.05, 0.1) is 11.4 Å². The van der Waals surface area contributed by atoms with Gasteiger partial charge in [-0.25, -0.2) is 13.1 Å². The summed E-state index contributed by atoms with van der Waals surface area (Å²) < 4.78 is 25.6. The zero-order valence-corrected chi connectivity index (χ0v) is 11.5. The number of hydrogen-bond donors (Lipinski definition) is 2. The Kier molecular flexibility index (Phi) is 4.48. The van der Waals surface area contributed by atoms with Crippen LogP contribution in [0.1, 0.15) is 20.8 Å². The first-order valence-electron chi connectivity index (χ1n) is 5.56. The molecule has 1 aromatic rings. The number of carbonyl (C=O) groups excluding carboxylic acids is 1. The Hall–Kier alpha value is -1.40. The minimum absolute atomic E-state index is 0.0461. The van der Waals surface area contributed by atoms with Gasteiger partial charge in [-0.1, -0.05) is 18.2 Å². The number of benzene rings is 1. The number of carbonyl (C=O) groups is 1. The van der Waals surface area contributed by atoms with Gasteiger partial charge in [0.1, 0.15) is 0 Å². The third-order valence-electron chi connectivity index (χ3n) is 2.08. The molecule has 100 valence electrons. The largest absolute Gasteiger partial charge is 0.304 e. The molecule has 0 saturated carbocycles. The van der Waals surface area contributed by atoms with Gasteiger partial charge in [-0.3, -0.25) is 4.79 Å². The summed E-state index contributed by atoms with van der Waals surface area (Å²) in [4.78, 5) is 11.6. The summed E-state index contributed by atoms with van der Waals surface area (Å²) in [5, 5.41) is 2.92. The number of hydrogen-bond acceptors (Lipinski definition) is 4. The first-order chi connectivity index (χ1) is 8.21. The monoisotopic (exact) mass is 270 g/mol. The highest BCUT2D eigenvalue weighted by Crippen LogP contribution is 2.06. The summed E-state index contributed by atoms with van der Waals surface area (Å²) in [7, 11) is -3.77. The van der Waals surface area contributed by atoms with E-state index >= 15 is 0 Å². The molecule has 0 unspecified atom stereocenters. The standard InChI is InChI=1S/C12H18N2O3S/c1-12(2,3)13-9-11(15)14-18(16,17)10-7-5-4-6-8-10/h4-8,13H,9H2,1-3H3,(H,14,15). The molecule has 0 bridgehead atoms. The van der Waals surface area contributed by atoms with E-state index in [-0.39, 0.29) is 17.0 Å². The molecule has 0 aliphatic carbocycles. The van der Waals surface area contributed by atoms with Gasteiger partial charge in [-0.15, -0.1) is 0 Å². The second-order valence-electron chi connectivity index (χ2n) is 4.95. The molecule has 6 heteroatoms. The zero-order valence-electron chi connectivity index (χ0n) is 10.7. The molecule has 5 nitrogen and oxygen atoms in total. The molecule has 2 N–H and O–H groups in total. The van der Waals surface area contributed by atoms with E-state index in [0.717, 1.165) is 0 Å². The van der Waals surface area contributed by atoms with Crippen molar-refractivity contribution in [3.63, 3.8) is 0 Å². The molecule has 0 aliphatic rings. The molecule has 0 heterocycles. The molecule has 0 atom stereocenters. The fraction of sp³-hybridized carbons (Fsp3) is 0.417. The van der Waals surface area contributed by atoms with E-state index in [9.17, 15) is 13.2 Å². The summed E-state index contributed by atoms with van der Waals surface area (Å²) in [5.41, 5.74) is -0.242. The predicted octanol–water partition coefficient (Wildman–Crippen LogP) is 0.880. The Morgan fingerprint density at radius 2 is 1.72 bits per heavy atom. The summed E-state index contributed by atoms with van der Waals surface area (Å²) in [5.74, 6) is -0.575. The van der Waals surface area contributed by atoms with Crippen LogP contribution in [0.15, 0.2) is 35.2 Å². The molecule has 0 spiro atoms. The number of nitrogens with one attached hydrogen (secondary N) is 2. The van der Waals surface area contributed by atoms with E-state index < -0.39 is 15.9 Å². The quantitative estimate of drug-likeness (QED) is 0.851. The highest BCUT2D eigenvalue weighted by molar-refractivity contribution is 7.90. The first-order valence-corrected chi connectivity index (χ1v) is 7.05. The van der Waals surface area contributed by atoms with Gasteiger partial charge in [0, 0.05) is 5.54 Å². The minimum Gasteiger partial charge on any atom is -0.304 e. The van der Waals surface area contributed by atoms with Crippen LogP contribution < -0.4 is 10.0 Å². The van der Waals surface area contributed by atoms with Crippen LogP contribution in [-0.2, 0) is 14.8 Å². The second-order valence-corrected chi connectivity index (χ2v) is 6.63. The highest BCUT2D eigenvalue weighted by atomic mass is 32.2. The Morgan fingerprint density at radius 1 is 1.17 bits per heavy atom. The maximum atomic E-state index is 11.8. The molecule has 1 rings (SSSR count). The first kappa shape index (κ1) is 14.7. The van der Waals surface area contributed by atoms with Crippen molar-refractivity contribution in [2.24, 2.45) is 0 Å². The fourth-order valence-electron chi connectivity index (χ4n) is 1.19. The number of amides is 1. The van der Waals surface area contributed by atoms with Gasteiger partial charge in [-0.2, -0.15) is 0 Å². The zero-order chi connectivity index (χ0) is 13.8. The summed E-state index contributed by atoms with van der Waals surface area (Å²) in [6, 6.07) is 7.79. The molecule has 1 aromatic carbocycles. The van der Waals surface area contributed by atoms with Gasteiger partial charge >= 0.3 is 0 Å². The van der Waals surface area contributed by atoms with Crippen molar-refractivity contribution in [3.8, 4) is 0 Å². The van der Waals surface area contributed by atoms with Gasteiger partial charge < -0.3 is 5.32 Å². The third-order valence-corrected chi connectivity index (χ3v) is 3.47. The lowest BCUT2D eigenvalue weighted by molar-refractivity contribution is -0.118. The van der Waals surface area contributed by atoms with E-state index in [2.05, 4.69) is 5.32 Å².